The minimum atomic E-state index is 0.366. The molecule has 4 rings (SSSR count). The molecule has 6 nitrogen and oxygen atoms in total. The Hall–Kier alpha value is -2.28. The molecule has 3 aromatic heterocycles. The van der Waals surface area contributed by atoms with Gasteiger partial charge in [0.05, 0.1) is 5.69 Å². The average Bonchev–Trinajstić information content (AvgIpc) is 3.13. The predicted octanol–water partition coefficient (Wildman–Crippen LogP) is 2.53. The van der Waals surface area contributed by atoms with Crippen molar-refractivity contribution in [1.82, 2.24) is 24.7 Å². The SMILES string of the molecule is Cc1cn2c(n1)CC[C@@H](Nc1nnc(-c3ccccn3)s1)C2. The van der Waals surface area contributed by atoms with Crippen molar-refractivity contribution in [3.63, 3.8) is 0 Å². The molecule has 0 unspecified atom stereocenters. The van der Waals surface area contributed by atoms with Crippen molar-refractivity contribution < 1.29 is 0 Å². The Balaban J connectivity index is 1.47. The Kier molecular flexibility index (Phi) is 3.34. The first-order chi connectivity index (χ1) is 10.8. The highest BCUT2D eigenvalue weighted by Gasteiger charge is 2.20. The number of nitrogens with one attached hydrogen (secondary N) is 1. The van der Waals surface area contributed by atoms with Gasteiger partial charge in [-0.2, -0.15) is 0 Å². The van der Waals surface area contributed by atoms with Crippen LogP contribution >= 0.6 is 11.3 Å². The fourth-order valence-electron chi connectivity index (χ4n) is 2.75. The van der Waals surface area contributed by atoms with Crippen LogP contribution in [0.2, 0.25) is 0 Å². The highest BCUT2D eigenvalue weighted by Crippen LogP contribution is 2.26. The van der Waals surface area contributed by atoms with Crippen molar-refractivity contribution in [3.05, 3.63) is 42.1 Å². The lowest BCUT2D eigenvalue weighted by atomic mass is 10.1. The van der Waals surface area contributed by atoms with Crippen LogP contribution in [0.5, 0.6) is 0 Å². The molecule has 1 N–H and O–H groups in total. The van der Waals surface area contributed by atoms with Crippen molar-refractivity contribution in [2.24, 2.45) is 0 Å². The fraction of sp³-hybridized carbons (Fsp3) is 0.333. The average molecular weight is 312 g/mol. The van der Waals surface area contributed by atoms with Gasteiger partial charge in [-0.1, -0.05) is 17.4 Å². The Morgan fingerprint density at radius 2 is 2.27 bits per heavy atom. The number of hydrogen-bond acceptors (Lipinski definition) is 6. The summed E-state index contributed by atoms with van der Waals surface area (Å²) < 4.78 is 2.23. The largest absolute Gasteiger partial charge is 0.356 e. The van der Waals surface area contributed by atoms with Gasteiger partial charge in [-0.15, -0.1) is 10.2 Å². The van der Waals surface area contributed by atoms with Crippen LogP contribution in [0, 0.1) is 6.92 Å². The van der Waals surface area contributed by atoms with E-state index >= 15 is 0 Å². The van der Waals surface area contributed by atoms with Gasteiger partial charge in [0.15, 0.2) is 5.01 Å². The third-order valence-electron chi connectivity index (χ3n) is 3.75. The van der Waals surface area contributed by atoms with Gasteiger partial charge < -0.3 is 9.88 Å². The highest BCUT2D eigenvalue weighted by atomic mass is 32.1. The van der Waals surface area contributed by atoms with Crippen LogP contribution in [0.3, 0.4) is 0 Å². The molecule has 0 saturated carbocycles. The van der Waals surface area contributed by atoms with Gasteiger partial charge in [0, 0.05) is 31.4 Å². The maximum Gasteiger partial charge on any atom is 0.206 e. The summed E-state index contributed by atoms with van der Waals surface area (Å²) in [6.45, 7) is 2.96. The minimum absolute atomic E-state index is 0.366. The van der Waals surface area contributed by atoms with E-state index in [1.807, 2.05) is 25.1 Å². The van der Waals surface area contributed by atoms with Crippen LogP contribution < -0.4 is 5.32 Å². The fourth-order valence-corrected chi connectivity index (χ4v) is 3.55. The zero-order chi connectivity index (χ0) is 14.9. The van der Waals surface area contributed by atoms with E-state index in [0.717, 1.165) is 40.9 Å². The van der Waals surface area contributed by atoms with Crippen LogP contribution in [0.1, 0.15) is 17.9 Å². The number of hydrogen-bond donors (Lipinski definition) is 1. The highest BCUT2D eigenvalue weighted by molar-refractivity contribution is 7.18. The molecule has 4 heterocycles. The summed E-state index contributed by atoms with van der Waals surface area (Å²) in [5.41, 5.74) is 1.95. The Morgan fingerprint density at radius 1 is 1.32 bits per heavy atom. The lowest BCUT2D eigenvalue weighted by Crippen LogP contribution is -2.31. The topological polar surface area (TPSA) is 68.5 Å². The maximum atomic E-state index is 4.54. The van der Waals surface area contributed by atoms with E-state index in [4.69, 9.17) is 0 Å². The number of aryl methyl sites for hydroxylation is 2. The van der Waals surface area contributed by atoms with Gasteiger partial charge in [-0.05, 0) is 25.5 Å². The third-order valence-corrected chi connectivity index (χ3v) is 4.63. The van der Waals surface area contributed by atoms with Gasteiger partial charge in [0.25, 0.3) is 0 Å². The van der Waals surface area contributed by atoms with Gasteiger partial charge in [0.2, 0.25) is 5.13 Å². The summed E-state index contributed by atoms with van der Waals surface area (Å²) in [6, 6.07) is 6.17. The molecule has 1 aliphatic heterocycles. The minimum Gasteiger partial charge on any atom is -0.356 e. The number of rotatable bonds is 3. The van der Waals surface area contributed by atoms with Gasteiger partial charge in [0.1, 0.15) is 11.5 Å². The third kappa shape index (κ3) is 2.59. The van der Waals surface area contributed by atoms with Crippen LogP contribution in [0.4, 0.5) is 5.13 Å². The summed E-state index contributed by atoms with van der Waals surface area (Å²) in [4.78, 5) is 8.85. The maximum absolute atomic E-state index is 4.54. The second kappa shape index (κ2) is 5.49. The monoisotopic (exact) mass is 312 g/mol. The van der Waals surface area contributed by atoms with Crippen molar-refractivity contribution in [2.75, 3.05) is 5.32 Å². The normalized spacial score (nSPS) is 17.2. The molecular formula is C15H16N6S. The number of aromatic nitrogens is 5. The second-order valence-electron chi connectivity index (χ2n) is 5.46. The quantitative estimate of drug-likeness (QED) is 0.805. The molecule has 1 atom stereocenters. The number of fused-ring (bicyclic) bond motifs is 1. The van der Waals surface area contributed by atoms with E-state index in [9.17, 15) is 0 Å². The first-order valence-corrected chi connectivity index (χ1v) is 8.14. The first-order valence-electron chi connectivity index (χ1n) is 7.32. The molecule has 7 heteroatoms. The van der Waals surface area contributed by atoms with Crippen LogP contribution in [0.25, 0.3) is 10.7 Å². The molecular weight excluding hydrogens is 296 g/mol. The lowest BCUT2D eigenvalue weighted by Gasteiger charge is -2.24. The van der Waals surface area contributed by atoms with E-state index in [-0.39, 0.29) is 0 Å². The Labute approximate surface area is 132 Å². The molecule has 112 valence electrons. The predicted molar refractivity (Wildman–Crippen MR) is 85.8 cm³/mol. The molecule has 3 aromatic rings. The number of nitrogens with zero attached hydrogens (tertiary/aromatic N) is 5. The zero-order valence-corrected chi connectivity index (χ0v) is 13.0. The molecule has 0 bridgehead atoms. The van der Waals surface area contributed by atoms with Crippen LogP contribution in [0.15, 0.2) is 30.6 Å². The molecule has 0 aliphatic carbocycles. The smallest absolute Gasteiger partial charge is 0.206 e. The summed E-state index contributed by atoms with van der Waals surface area (Å²) >= 11 is 1.55. The van der Waals surface area contributed by atoms with E-state index in [1.165, 1.54) is 5.82 Å². The zero-order valence-electron chi connectivity index (χ0n) is 12.2. The summed E-state index contributed by atoms with van der Waals surface area (Å²) in [7, 11) is 0. The molecule has 0 fully saturated rings. The van der Waals surface area contributed by atoms with Crippen LogP contribution in [-0.2, 0) is 13.0 Å². The van der Waals surface area contributed by atoms with Gasteiger partial charge >= 0.3 is 0 Å². The number of imidazole rings is 1. The summed E-state index contributed by atoms with van der Waals surface area (Å²) in [6.07, 6.45) is 5.95. The molecule has 0 saturated heterocycles. The molecule has 0 aromatic carbocycles. The molecule has 1 aliphatic rings. The molecule has 0 radical (unpaired) electrons. The van der Waals surface area contributed by atoms with Crippen molar-refractivity contribution in [1.29, 1.82) is 0 Å². The van der Waals surface area contributed by atoms with Gasteiger partial charge in [-0.3, -0.25) is 4.98 Å². The van der Waals surface area contributed by atoms with Crippen molar-refractivity contribution in [3.8, 4) is 10.7 Å². The molecule has 0 amide bonds. The summed E-state index contributed by atoms with van der Waals surface area (Å²) in [5, 5.41) is 13.7. The van der Waals surface area contributed by atoms with E-state index in [0.29, 0.717) is 6.04 Å². The second-order valence-corrected chi connectivity index (χ2v) is 6.44. The number of pyridine rings is 1. The Bertz CT molecular complexity index is 778. The molecule has 22 heavy (non-hydrogen) atoms. The first kappa shape index (κ1) is 13.4. The Morgan fingerprint density at radius 3 is 3.14 bits per heavy atom. The van der Waals surface area contributed by atoms with Crippen molar-refractivity contribution >= 4 is 16.5 Å². The van der Waals surface area contributed by atoms with Crippen molar-refractivity contribution in [2.45, 2.75) is 32.4 Å². The van der Waals surface area contributed by atoms with E-state index in [2.05, 4.69) is 36.2 Å². The van der Waals surface area contributed by atoms with Crippen LogP contribution in [-0.4, -0.2) is 30.8 Å². The van der Waals surface area contributed by atoms with E-state index < -0.39 is 0 Å². The van der Waals surface area contributed by atoms with E-state index in [1.54, 1.807) is 17.5 Å². The lowest BCUT2D eigenvalue weighted by molar-refractivity contribution is 0.476. The number of anilines is 1. The van der Waals surface area contributed by atoms with Gasteiger partial charge in [-0.25, -0.2) is 4.98 Å². The standard InChI is InChI=1S/C15H16N6S/c1-10-8-21-9-11(5-6-13(21)17-10)18-15-20-19-14(22-15)12-4-2-3-7-16-12/h2-4,7-8,11H,5-6,9H2,1H3,(H,18,20)/t11-/m1/s1. The summed E-state index contributed by atoms with van der Waals surface area (Å²) in [5.74, 6) is 1.18. The molecule has 0 spiro atoms.